The van der Waals surface area contributed by atoms with E-state index < -0.39 is 8.32 Å². The first-order chi connectivity index (χ1) is 12.7. The van der Waals surface area contributed by atoms with Crippen molar-refractivity contribution in [2.45, 2.75) is 121 Å². The predicted octanol–water partition coefficient (Wildman–Crippen LogP) is 5.65. The van der Waals surface area contributed by atoms with Crippen molar-refractivity contribution in [1.29, 1.82) is 5.26 Å². The smallest absolute Gasteiger partial charge is 0.192 e. The molecule has 5 heteroatoms. The second-order valence-electron chi connectivity index (χ2n) is 10.7. The Kier molecular flexibility index (Phi) is 6.42. The van der Waals surface area contributed by atoms with Gasteiger partial charge in [0.1, 0.15) is 6.04 Å². The monoisotopic (exact) mass is 392 g/mol. The standard InChI is InChI=1S/C22H40N2O2Si/c1-16-11-10-14-18-20(16)25-24(17-12-8-7-9-13-17)19(15-23)21(18)26-27(5,6)22(2,3)4/h16-21H,7-14H2,1-6H3/t16-,18?,19?,20?,21?/m0/s1. The summed E-state index contributed by atoms with van der Waals surface area (Å²) in [7, 11) is -1.96. The average molecular weight is 393 g/mol. The zero-order valence-electron chi connectivity index (χ0n) is 18.3. The third-order valence-electron chi connectivity index (χ3n) is 7.73. The molecule has 2 aliphatic carbocycles. The Morgan fingerprint density at radius 1 is 1.04 bits per heavy atom. The van der Waals surface area contributed by atoms with Gasteiger partial charge in [0, 0.05) is 12.0 Å². The van der Waals surface area contributed by atoms with Gasteiger partial charge in [-0.15, -0.1) is 0 Å². The first-order valence-electron chi connectivity index (χ1n) is 11.2. The van der Waals surface area contributed by atoms with Crippen LogP contribution in [0.15, 0.2) is 0 Å². The molecule has 0 N–H and O–H groups in total. The largest absolute Gasteiger partial charge is 0.411 e. The SMILES string of the molecule is C[C@H]1CCCC2C(O[Si](C)(C)C(C)(C)C)C(C#N)N(C3CCCCC3)OC21. The third-order valence-corrected chi connectivity index (χ3v) is 12.2. The van der Waals surface area contributed by atoms with E-state index in [2.05, 4.69) is 51.9 Å². The van der Waals surface area contributed by atoms with Gasteiger partial charge in [0.25, 0.3) is 0 Å². The van der Waals surface area contributed by atoms with Gasteiger partial charge in [0.2, 0.25) is 0 Å². The van der Waals surface area contributed by atoms with Gasteiger partial charge in [0.15, 0.2) is 8.32 Å². The van der Waals surface area contributed by atoms with E-state index in [9.17, 15) is 5.26 Å². The molecule has 3 aliphatic rings. The topological polar surface area (TPSA) is 45.5 Å². The zero-order valence-corrected chi connectivity index (χ0v) is 19.3. The fourth-order valence-corrected chi connectivity index (χ4v) is 6.33. The van der Waals surface area contributed by atoms with Gasteiger partial charge in [-0.25, -0.2) is 0 Å². The van der Waals surface area contributed by atoms with E-state index in [-0.39, 0.29) is 23.3 Å². The lowest BCUT2D eigenvalue weighted by Crippen LogP contribution is -2.64. The Labute approximate surface area is 167 Å². The molecule has 27 heavy (non-hydrogen) atoms. The summed E-state index contributed by atoms with van der Waals surface area (Å²) in [6, 6.07) is 2.73. The van der Waals surface area contributed by atoms with Crippen LogP contribution in [0.5, 0.6) is 0 Å². The molecular formula is C22H40N2O2Si. The van der Waals surface area contributed by atoms with Crippen molar-refractivity contribution in [1.82, 2.24) is 5.06 Å². The summed E-state index contributed by atoms with van der Waals surface area (Å²) < 4.78 is 6.98. The van der Waals surface area contributed by atoms with Crippen LogP contribution in [0, 0.1) is 23.2 Å². The molecule has 1 saturated heterocycles. The van der Waals surface area contributed by atoms with E-state index in [0.717, 1.165) is 19.3 Å². The van der Waals surface area contributed by atoms with Crippen LogP contribution in [0.3, 0.4) is 0 Å². The Hall–Kier alpha value is -0.413. The van der Waals surface area contributed by atoms with E-state index in [4.69, 9.17) is 9.26 Å². The molecule has 4 nitrogen and oxygen atoms in total. The molecule has 0 aromatic carbocycles. The lowest BCUT2D eigenvalue weighted by atomic mass is 9.74. The lowest BCUT2D eigenvalue weighted by molar-refractivity contribution is -0.317. The number of fused-ring (bicyclic) bond motifs is 1. The lowest BCUT2D eigenvalue weighted by Gasteiger charge is -2.54. The molecule has 2 saturated carbocycles. The number of hydroxylamine groups is 2. The molecule has 4 unspecified atom stereocenters. The summed E-state index contributed by atoms with van der Waals surface area (Å²) >= 11 is 0. The van der Waals surface area contributed by atoms with Gasteiger partial charge in [-0.2, -0.15) is 10.3 Å². The highest BCUT2D eigenvalue weighted by Gasteiger charge is 2.53. The molecule has 3 rings (SSSR count). The van der Waals surface area contributed by atoms with Crippen LogP contribution < -0.4 is 0 Å². The predicted molar refractivity (Wildman–Crippen MR) is 112 cm³/mol. The molecule has 0 aromatic rings. The molecule has 1 heterocycles. The minimum atomic E-state index is -1.96. The summed E-state index contributed by atoms with van der Waals surface area (Å²) in [6.07, 6.45) is 9.89. The van der Waals surface area contributed by atoms with Gasteiger partial charge in [0.05, 0.1) is 18.3 Å². The van der Waals surface area contributed by atoms with E-state index >= 15 is 0 Å². The maximum atomic E-state index is 10.2. The van der Waals surface area contributed by atoms with Crippen LogP contribution in [0.2, 0.25) is 18.1 Å². The quantitative estimate of drug-likeness (QED) is 0.582. The summed E-state index contributed by atoms with van der Waals surface area (Å²) in [4.78, 5) is 6.62. The van der Waals surface area contributed by atoms with Crippen molar-refractivity contribution < 1.29 is 9.26 Å². The van der Waals surface area contributed by atoms with E-state index in [1.807, 2.05) is 0 Å². The van der Waals surface area contributed by atoms with Crippen molar-refractivity contribution >= 4 is 8.32 Å². The van der Waals surface area contributed by atoms with Crippen LogP contribution in [-0.2, 0) is 9.26 Å². The first kappa shape index (κ1) is 21.3. The van der Waals surface area contributed by atoms with Gasteiger partial charge >= 0.3 is 0 Å². The van der Waals surface area contributed by atoms with E-state index in [1.54, 1.807) is 0 Å². The highest BCUT2D eigenvalue weighted by atomic mass is 28.4. The summed E-state index contributed by atoms with van der Waals surface area (Å²) in [5.74, 6) is 0.896. The maximum Gasteiger partial charge on any atom is 0.192 e. The molecule has 1 aliphatic heterocycles. The van der Waals surface area contributed by atoms with Crippen LogP contribution in [0.4, 0.5) is 0 Å². The fraction of sp³-hybridized carbons (Fsp3) is 0.955. The molecule has 0 radical (unpaired) electrons. The van der Waals surface area contributed by atoms with Crippen LogP contribution in [0.1, 0.15) is 79.1 Å². The van der Waals surface area contributed by atoms with Crippen LogP contribution in [0.25, 0.3) is 0 Å². The summed E-state index contributed by atoms with van der Waals surface area (Å²) in [5, 5.41) is 12.4. The Morgan fingerprint density at radius 3 is 2.30 bits per heavy atom. The Balaban J connectivity index is 1.91. The molecule has 0 bridgehead atoms. The summed E-state index contributed by atoms with van der Waals surface area (Å²) in [6.45, 7) is 13.8. The number of nitrogens with zero attached hydrogens (tertiary/aromatic N) is 2. The van der Waals surface area contributed by atoms with Gasteiger partial charge in [-0.05, 0) is 49.7 Å². The molecule has 5 atom stereocenters. The van der Waals surface area contributed by atoms with Gasteiger partial charge in [-0.1, -0.05) is 53.4 Å². The van der Waals surface area contributed by atoms with Gasteiger partial charge in [-0.3, -0.25) is 4.84 Å². The number of rotatable bonds is 3. The summed E-state index contributed by atoms with van der Waals surface area (Å²) in [5.41, 5.74) is 0. The second-order valence-corrected chi connectivity index (χ2v) is 15.5. The molecule has 0 spiro atoms. The Morgan fingerprint density at radius 2 is 1.70 bits per heavy atom. The number of nitriles is 1. The normalized spacial score (nSPS) is 36.9. The third kappa shape index (κ3) is 4.29. The van der Waals surface area contributed by atoms with E-state index in [0.29, 0.717) is 17.9 Å². The second kappa shape index (κ2) is 8.14. The molecule has 0 aromatic heterocycles. The van der Waals surface area contributed by atoms with Crippen molar-refractivity contribution in [3.05, 3.63) is 0 Å². The average Bonchev–Trinajstić information content (AvgIpc) is 2.61. The maximum absolute atomic E-state index is 10.2. The van der Waals surface area contributed by atoms with Crippen molar-refractivity contribution in [2.75, 3.05) is 0 Å². The Bertz CT molecular complexity index is 547. The minimum Gasteiger partial charge on any atom is -0.411 e. The van der Waals surface area contributed by atoms with Crippen LogP contribution in [-0.4, -0.2) is 37.7 Å². The number of hydrogen-bond acceptors (Lipinski definition) is 4. The highest BCUT2D eigenvalue weighted by Crippen LogP contribution is 2.46. The fourth-order valence-electron chi connectivity index (χ4n) is 4.99. The zero-order chi connectivity index (χ0) is 19.8. The van der Waals surface area contributed by atoms with Crippen LogP contribution >= 0.6 is 0 Å². The molecule has 154 valence electrons. The van der Waals surface area contributed by atoms with Gasteiger partial charge < -0.3 is 4.43 Å². The minimum absolute atomic E-state index is 0.0145. The highest BCUT2D eigenvalue weighted by molar-refractivity contribution is 6.74. The molecule has 0 amide bonds. The number of hydrogen-bond donors (Lipinski definition) is 0. The molecular weight excluding hydrogens is 352 g/mol. The first-order valence-corrected chi connectivity index (χ1v) is 14.1. The van der Waals surface area contributed by atoms with E-state index in [1.165, 1.54) is 32.1 Å². The molecule has 3 fully saturated rings. The van der Waals surface area contributed by atoms with Crippen molar-refractivity contribution in [3.63, 3.8) is 0 Å². The van der Waals surface area contributed by atoms with Crippen molar-refractivity contribution in [3.8, 4) is 6.07 Å². The van der Waals surface area contributed by atoms with Crippen molar-refractivity contribution in [2.24, 2.45) is 11.8 Å².